The van der Waals surface area contributed by atoms with Crippen molar-refractivity contribution in [2.75, 3.05) is 38.0 Å². The molecule has 1 aliphatic heterocycles. The van der Waals surface area contributed by atoms with E-state index < -0.39 is 9.84 Å². The molecule has 0 atom stereocenters. The molecule has 2 rings (SSSR count). The van der Waals surface area contributed by atoms with Crippen LogP contribution in [0.4, 0.5) is 5.82 Å². The monoisotopic (exact) mass is 257 g/mol. The Morgan fingerprint density at radius 2 is 2.12 bits per heavy atom. The number of anilines is 1. The van der Waals surface area contributed by atoms with Crippen LogP contribution < -0.4 is 5.43 Å². The van der Waals surface area contributed by atoms with E-state index in [1.165, 1.54) is 6.26 Å². The molecule has 1 fully saturated rings. The molecule has 0 aromatic carbocycles. The van der Waals surface area contributed by atoms with E-state index in [9.17, 15) is 8.42 Å². The molecule has 1 aliphatic rings. The van der Waals surface area contributed by atoms with Gasteiger partial charge in [-0.15, -0.1) is 0 Å². The van der Waals surface area contributed by atoms with Crippen molar-refractivity contribution in [3.05, 3.63) is 18.3 Å². The molecule has 94 valence electrons. The molecule has 0 radical (unpaired) electrons. The van der Waals surface area contributed by atoms with Crippen molar-refractivity contribution < 1.29 is 13.2 Å². The van der Waals surface area contributed by atoms with E-state index >= 15 is 0 Å². The fourth-order valence-corrected chi connectivity index (χ4v) is 2.37. The molecule has 17 heavy (non-hydrogen) atoms. The highest BCUT2D eigenvalue weighted by molar-refractivity contribution is 7.90. The van der Waals surface area contributed by atoms with E-state index in [1.54, 1.807) is 18.3 Å². The lowest BCUT2D eigenvalue weighted by Crippen LogP contribution is -2.40. The Hall–Kier alpha value is -1.18. The Morgan fingerprint density at radius 1 is 1.41 bits per heavy atom. The molecule has 7 heteroatoms. The second-order valence-electron chi connectivity index (χ2n) is 3.83. The Morgan fingerprint density at radius 3 is 2.76 bits per heavy atom. The van der Waals surface area contributed by atoms with Gasteiger partial charge in [-0.3, -0.25) is 0 Å². The third-order valence-electron chi connectivity index (χ3n) is 2.45. The summed E-state index contributed by atoms with van der Waals surface area (Å²) in [7, 11) is -3.27. The number of aromatic nitrogens is 1. The summed E-state index contributed by atoms with van der Waals surface area (Å²) in [6.45, 7) is 2.68. The lowest BCUT2D eigenvalue weighted by Gasteiger charge is -2.27. The number of hydrogen-bond acceptors (Lipinski definition) is 6. The summed E-state index contributed by atoms with van der Waals surface area (Å²) < 4.78 is 28.4. The van der Waals surface area contributed by atoms with Crippen LogP contribution in [0.3, 0.4) is 0 Å². The summed E-state index contributed by atoms with van der Waals surface area (Å²) in [6.07, 6.45) is 2.74. The van der Waals surface area contributed by atoms with Gasteiger partial charge >= 0.3 is 0 Å². The summed E-state index contributed by atoms with van der Waals surface area (Å²) in [5.41, 5.74) is 3.02. The van der Waals surface area contributed by atoms with Gasteiger partial charge in [0.25, 0.3) is 0 Å². The van der Waals surface area contributed by atoms with Gasteiger partial charge in [-0.1, -0.05) is 0 Å². The zero-order chi connectivity index (χ0) is 12.3. The predicted molar refractivity (Wildman–Crippen MR) is 63.4 cm³/mol. The van der Waals surface area contributed by atoms with Crippen molar-refractivity contribution in [1.29, 1.82) is 0 Å². The minimum atomic E-state index is -3.27. The summed E-state index contributed by atoms with van der Waals surface area (Å²) in [5.74, 6) is 0.372. The summed E-state index contributed by atoms with van der Waals surface area (Å²) in [6, 6.07) is 3.16. The number of pyridine rings is 1. The molecule has 1 N–H and O–H groups in total. The van der Waals surface area contributed by atoms with Crippen molar-refractivity contribution in [2.45, 2.75) is 4.90 Å². The Kier molecular flexibility index (Phi) is 3.60. The molecule has 0 amide bonds. The highest BCUT2D eigenvalue weighted by Gasteiger charge is 2.17. The van der Waals surface area contributed by atoms with Crippen LogP contribution in [-0.2, 0) is 14.6 Å². The molecule has 0 bridgehead atoms. The Labute approximate surface area is 100 Å². The van der Waals surface area contributed by atoms with E-state index in [4.69, 9.17) is 4.74 Å². The predicted octanol–water partition coefficient (Wildman–Crippen LogP) is 0.144. The van der Waals surface area contributed by atoms with Gasteiger partial charge in [0.15, 0.2) is 15.7 Å². The SMILES string of the molecule is CS(=O)(=O)c1cccnc1NN1CCOCC1. The number of hydrogen-bond donors (Lipinski definition) is 1. The first kappa shape index (κ1) is 12.3. The molecule has 0 spiro atoms. The number of morpholine rings is 1. The van der Waals surface area contributed by atoms with E-state index in [0.717, 1.165) is 0 Å². The smallest absolute Gasteiger partial charge is 0.179 e. The highest BCUT2D eigenvalue weighted by Crippen LogP contribution is 2.18. The van der Waals surface area contributed by atoms with Gasteiger partial charge < -0.3 is 10.2 Å². The van der Waals surface area contributed by atoms with Gasteiger partial charge in [0.05, 0.1) is 13.2 Å². The second-order valence-corrected chi connectivity index (χ2v) is 5.82. The molecule has 1 aromatic heterocycles. The zero-order valence-corrected chi connectivity index (χ0v) is 10.4. The van der Waals surface area contributed by atoms with Crippen LogP contribution in [-0.4, -0.2) is 51.0 Å². The lowest BCUT2D eigenvalue weighted by atomic mass is 10.4. The van der Waals surface area contributed by atoms with Crippen LogP contribution in [0.1, 0.15) is 0 Å². The van der Waals surface area contributed by atoms with Gasteiger partial charge in [-0.05, 0) is 12.1 Å². The highest BCUT2D eigenvalue weighted by atomic mass is 32.2. The minimum Gasteiger partial charge on any atom is -0.379 e. The van der Waals surface area contributed by atoms with Crippen molar-refractivity contribution in [3.8, 4) is 0 Å². The van der Waals surface area contributed by atoms with Crippen LogP contribution in [0.15, 0.2) is 23.2 Å². The number of rotatable bonds is 3. The molecular weight excluding hydrogens is 242 g/mol. The average Bonchev–Trinajstić information content (AvgIpc) is 2.30. The quantitative estimate of drug-likeness (QED) is 0.830. The first-order valence-electron chi connectivity index (χ1n) is 5.32. The summed E-state index contributed by atoms with van der Waals surface area (Å²) >= 11 is 0. The van der Waals surface area contributed by atoms with Gasteiger partial charge in [0, 0.05) is 25.5 Å². The molecule has 6 nitrogen and oxygen atoms in total. The van der Waals surface area contributed by atoms with Gasteiger partial charge in [-0.25, -0.2) is 18.4 Å². The van der Waals surface area contributed by atoms with E-state index in [2.05, 4.69) is 10.4 Å². The van der Waals surface area contributed by atoms with E-state index in [0.29, 0.717) is 32.1 Å². The molecule has 2 heterocycles. The summed E-state index contributed by atoms with van der Waals surface area (Å²) in [4.78, 5) is 4.28. The number of sulfone groups is 1. The maximum Gasteiger partial charge on any atom is 0.179 e. The summed E-state index contributed by atoms with van der Waals surface area (Å²) in [5, 5.41) is 1.90. The first-order chi connectivity index (χ1) is 8.07. The number of nitrogens with one attached hydrogen (secondary N) is 1. The normalized spacial score (nSPS) is 17.9. The molecule has 0 aliphatic carbocycles. The molecule has 0 saturated carbocycles. The van der Waals surface area contributed by atoms with E-state index in [1.807, 2.05) is 5.01 Å². The van der Waals surface area contributed by atoms with Crippen LogP contribution >= 0.6 is 0 Å². The topological polar surface area (TPSA) is 71.5 Å². The van der Waals surface area contributed by atoms with Gasteiger partial charge in [0.1, 0.15) is 4.90 Å². The van der Waals surface area contributed by atoms with E-state index in [-0.39, 0.29) is 4.90 Å². The Bertz CT molecular complexity index is 483. The third kappa shape index (κ3) is 3.15. The van der Waals surface area contributed by atoms with Gasteiger partial charge in [0.2, 0.25) is 0 Å². The van der Waals surface area contributed by atoms with Crippen molar-refractivity contribution in [3.63, 3.8) is 0 Å². The van der Waals surface area contributed by atoms with Crippen LogP contribution in [0.25, 0.3) is 0 Å². The first-order valence-corrected chi connectivity index (χ1v) is 7.21. The largest absolute Gasteiger partial charge is 0.379 e. The number of ether oxygens (including phenoxy) is 1. The molecule has 1 aromatic rings. The Balaban J connectivity index is 2.20. The molecule has 1 saturated heterocycles. The van der Waals surface area contributed by atoms with Gasteiger partial charge in [-0.2, -0.15) is 0 Å². The van der Waals surface area contributed by atoms with Crippen LogP contribution in [0.2, 0.25) is 0 Å². The zero-order valence-electron chi connectivity index (χ0n) is 9.59. The lowest BCUT2D eigenvalue weighted by molar-refractivity contribution is 0.0493. The minimum absolute atomic E-state index is 0.214. The molecule has 0 unspecified atom stereocenters. The maximum atomic E-state index is 11.6. The standard InChI is InChI=1S/C10H15N3O3S/c1-17(14,15)9-3-2-4-11-10(9)12-13-5-7-16-8-6-13/h2-4H,5-8H2,1H3,(H,11,12). The fourth-order valence-electron chi connectivity index (χ4n) is 1.60. The fraction of sp³-hybridized carbons (Fsp3) is 0.500. The average molecular weight is 257 g/mol. The van der Waals surface area contributed by atoms with Crippen LogP contribution in [0, 0.1) is 0 Å². The molecular formula is C10H15N3O3S. The van der Waals surface area contributed by atoms with Crippen LogP contribution in [0.5, 0.6) is 0 Å². The second kappa shape index (κ2) is 4.99. The maximum absolute atomic E-state index is 11.6. The number of hydrazine groups is 1. The van der Waals surface area contributed by atoms with Crippen molar-refractivity contribution in [1.82, 2.24) is 9.99 Å². The van der Waals surface area contributed by atoms with Crippen molar-refractivity contribution >= 4 is 15.7 Å². The third-order valence-corrected chi connectivity index (χ3v) is 3.57. The number of nitrogens with zero attached hydrogens (tertiary/aromatic N) is 2. The van der Waals surface area contributed by atoms with Crippen molar-refractivity contribution in [2.24, 2.45) is 0 Å².